The lowest BCUT2D eigenvalue weighted by Crippen LogP contribution is -2.34. The topological polar surface area (TPSA) is 79.5 Å². The van der Waals surface area contributed by atoms with Crippen LogP contribution in [-0.4, -0.2) is 45.6 Å². The van der Waals surface area contributed by atoms with Gasteiger partial charge in [-0.3, -0.25) is 0 Å². The number of aliphatic hydroxyl groups excluding tert-OH is 2. The van der Waals surface area contributed by atoms with Crippen molar-refractivity contribution in [3.05, 3.63) is 72.3 Å². The minimum absolute atomic E-state index is 0.160. The van der Waals surface area contributed by atoms with Gasteiger partial charge in [0.2, 0.25) is 0 Å². The van der Waals surface area contributed by atoms with Crippen LogP contribution in [0.4, 0.5) is 0 Å². The van der Waals surface area contributed by atoms with Crippen molar-refractivity contribution in [1.82, 2.24) is 14.9 Å². The molecule has 32 heavy (non-hydrogen) atoms. The number of piperidine rings is 1. The van der Waals surface area contributed by atoms with Gasteiger partial charge in [0, 0.05) is 18.0 Å². The molecule has 0 bridgehead atoms. The van der Waals surface area contributed by atoms with Gasteiger partial charge in [0.1, 0.15) is 29.8 Å². The molecule has 3 N–H and O–H groups in total. The summed E-state index contributed by atoms with van der Waals surface area (Å²) >= 11 is 0. The summed E-state index contributed by atoms with van der Waals surface area (Å²) in [6, 6.07) is 15.8. The Balaban J connectivity index is 1.42. The molecule has 1 aromatic heterocycles. The molecule has 6 heteroatoms. The van der Waals surface area contributed by atoms with E-state index < -0.39 is 12.1 Å². The number of nitrogens with zero attached hydrogens (tertiary/aromatic N) is 2. The van der Waals surface area contributed by atoms with Crippen molar-refractivity contribution in [3.8, 4) is 28.7 Å². The lowest BCUT2D eigenvalue weighted by molar-refractivity contribution is 0.162. The number of nitrogens with one attached hydrogen (secondary N) is 1. The third-order valence-electron chi connectivity index (χ3n) is 5.63. The summed E-state index contributed by atoms with van der Waals surface area (Å²) in [5.41, 5.74) is 3.08. The third kappa shape index (κ3) is 5.38. The van der Waals surface area contributed by atoms with Crippen molar-refractivity contribution in [2.45, 2.75) is 38.0 Å². The second kappa shape index (κ2) is 10.5. The lowest BCUT2D eigenvalue weighted by atomic mass is 10.0. The molecule has 4 rings (SSSR count). The quantitative estimate of drug-likeness (QED) is 0.522. The standard InChI is InChI=1S/C26H29N3O3/c1-19(31)26-28-16-17-29(26)23(18-30)9-4-20-2-5-21(6-3-20)22-7-10-24(11-8-22)32-25-12-14-27-15-13-25/h2-3,5-8,10-11,16-17,19,23,25,27,30-31H,12-15,18H2,1H3/t19-,23-/m0/s1. The Labute approximate surface area is 188 Å². The van der Waals surface area contributed by atoms with E-state index in [1.54, 1.807) is 23.9 Å². The van der Waals surface area contributed by atoms with Crippen LogP contribution in [0.1, 0.15) is 43.3 Å². The molecule has 1 aliphatic rings. The van der Waals surface area contributed by atoms with Crippen LogP contribution >= 0.6 is 0 Å². The number of imidazole rings is 1. The highest BCUT2D eigenvalue weighted by molar-refractivity contribution is 5.65. The van der Waals surface area contributed by atoms with Crippen molar-refractivity contribution in [2.75, 3.05) is 19.7 Å². The Hall–Kier alpha value is -3.11. The fourth-order valence-corrected chi connectivity index (χ4v) is 3.86. The monoisotopic (exact) mass is 431 g/mol. The summed E-state index contributed by atoms with van der Waals surface area (Å²) < 4.78 is 7.79. The Kier molecular flexibility index (Phi) is 7.23. The average Bonchev–Trinajstić information content (AvgIpc) is 3.31. The van der Waals surface area contributed by atoms with E-state index in [1.807, 2.05) is 36.4 Å². The Morgan fingerprint density at radius 2 is 1.75 bits per heavy atom. The fraction of sp³-hybridized carbons (Fsp3) is 0.346. The number of hydrogen-bond acceptors (Lipinski definition) is 5. The van der Waals surface area contributed by atoms with E-state index in [9.17, 15) is 10.2 Å². The summed E-state index contributed by atoms with van der Waals surface area (Å²) in [4.78, 5) is 4.15. The highest BCUT2D eigenvalue weighted by Gasteiger charge is 2.15. The smallest absolute Gasteiger partial charge is 0.138 e. The molecule has 0 spiro atoms. The highest BCUT2D eigenvalue weighted by Crippen LogP contribution is 2.24. The predicted octanol–water partition coefficient (Wildman–Crippen LogP) is 3.32. The lowest BCUT2D eigenvalue weighted by Gasteiger charge is -2.23. The predicted molar refractivity (Wildman–Crippen MR) is 124 cm³/mol. The molecule has 0 aliphatic carbocycles. The number of rotatable bonds is 6. The number of aromatic nitrogens is 2. The first-order chi connectivity index (χ1) is 15.6. The largest absolute Gasteiger partial charge is 0.490 e. The molecule has 3 aromatic rings. The zero-order valence-electron chi connectivity index (χ0n) is 18.2. The maximum atomic E-state index is 9.84. The maximum Gasteiger partial charge on any atom is 0.138 e. The Morgan fingerprint density at radius 1 is 1.09 bits per heavy atom. The fourth-order valence-electron chi connectivity index (χ4n) is 3.86. The zero-order chi connectivity index (χ0) is 22.3. The van der Waals surface area contributed by atoms with Gasteiger partial charge in [-0.15, -0.1) is 0 Å². The van der Waals surface area contributed by atoms with Crippen molar-refractivity contribution < 1.29 is 14.9 Å². The molecule has 166 valence electrons. The molecule has 0 saturated carbocycles. The van der Waals surface area contributed by atoms with Crippen molar-refractivity contribution in [2.24, 2.45) is 0 Å². The molecule has 6 nitrogen and oxygen atoms in total. The molecule has 1 aliphatic heterocycles. The van der Waals surface area contributed by atoms with Crippen LogP contribution in [0.3, 0.4) is 0 Å². The maximum absolute atomic E-state index is 9.84. The van der Waals surface area contributed by atoms with Crippen molar-refractivity contribution in [3.63, 3.8) is 0 Å². The summed E-state index contributed by atoms with van der Waals surface area (Å²) in [6.07, 6.45) is 4.98. The Bertz CT molecular complexity index is 1060. The van der Waals surface area contributed by atoms with Gasteiger partial charge in [-0.1, -0.05) is 36.1 Å². The van der Waals surface area contributed by atoms with E-state index in [0.29, 0.717) is 11.9 Å². The van der Waals surface area contributed by atoms with Crippen LogP contribution < -0.4 is 10.1 Å². The van der Waals surface area contributed by atoms with Crippen molar-refractivity contribution >= 4 is 0 Å². The number of benzene rings is 2. The van der Waals surface area contributed by atoms with Gasteiger partial charge in [-0.05, 0) is 68.2 Å². The van der Waals surface area contributed by atoms with Gasteiger partial charge in [-0.2, -0.15) is 0 Å². The summed E-state index contributed by atoms with van der Waals surface area (Å²) in [5, 5.41) is 22.9. The second-order valence-electron chi connectivity index (χ2n) is 8.01. The van der Waals surface area contributed by atoms with Crippen LogP contribution in [0.15, 0.2) is 60.9 Å². The molecule has 0 amide bonds. The first-order valence-electron chi connectivity index (χ1n) is 11.0. The second-order valence-corrected chi connectivity index (χ2v) is 8.01. The molecular formula is C26H29N3O3. The highest BCUT2D eigenvalue weighted by atomic mass is 16.5. The van der Waals surface area contributed by atoms with Gasteiger partial charge in [-0.25, -0.2) is 4.98 Å². The van der Waals surface area contributed by atoms with Gasteiger partial charge in [0.15, 0.2) is 0 Å². The summed E-state index contributed by atoms with van der Waals surface area (Å²) in [7, 11) is 0. The average molecular weight is 432 g/mol. The van der Waals surface area contributed by atoms with E-state index in [0.717, 1.165) is 48.4 Å². The summed E-state index contributed by atoms with van der Waals surface area (Å²) in [5.74, 6) is 7.60. The summed E-state index contributed by atoms with van der Waals surface area (Å²) in [6.45, 7) is 3.51. The van der Waals surface area contributed by atoms with Crippen LogP contribution in [0.25, 0.3) is 11.1 Å². The molecule has 0 radical (unpaired) electrons. The number of hydrogen-bond donors (Lipinski definition) is 3. The molecule has 2 aromatic carbocycles. The molecule has 2 atom stereocenters. The van der Waals surface area contributed by atoms with Crippen LogP contribution in [0.5, 0.6) is 5.75 Å². The molecule has 0 unspecified atom stereocenters. The van der Waals surface area contributed by atoms with Crippen LogP contribution in [0.2, 0.25) is 0 Å². The van der Waals surface area contributed by atoms with E-state index >= 15 is 0 Å². The number of ether oxygens (including phenoxy) is 1. The normalized spacial score (nSPS) is 16.1. The van der Waals surface area contributed by atoms with Gasteiger partial charge >= 0.3 is 0 Å². The third-order valence-corrected chi connectivity index (χ3v) is 5.63. The minimum Gasteiger partial charge on any atom is -0.490 e. The molecule has 2 heterocycles. The first-order valence-corrected chi connectivity index (χ1v) is 11.0. The number of aliphatic hydroxyl groups is 2. The van der Waals surface area contributed by atoms with Crippen LogP contribution in [0, 0.1) is 11.8 Å². The SMILES string of the molecule is C[C@H](O)c1nccn1[C@@H](C#Cc1ccc(-c2ccc(OC3CCNCC3)cc2)cc1)CO. The molecule has 1 saturated heterocycles. The molecular weight excluding hydrogens is 402 g/mol. The zero-order valence-corrected chi connectivity index (χ0v) is 18.2. The van der Waals surface area contributed by atoms with E-state index in [2.05, 4.69) is 34.3 Å². The van der Waals surface area contributed by atoms with E-state index in [1.165, 1.54) is 0 Å². The molecule has 1 fully saturated rings. The van der Waals surface area contributed by atoms with Crippen molar-refractivity contribution in [1.29, 1.82) is 0 Å². The van der Waals surface area contributed by atoms with E-state index in [-0.39, 0.29) is 6.61 Å². The van der Waals surface area contributed by atoms with E-state index in [4.69, 9.17) is 4.74 Å². The first kappa shape index (κ1) is 22.1. The minimum atomic E-state index is -0.725. The van der Waals surface area contributed by atoms with Gasteiger partial charge in [0.05, 0.1) is 6.61 Å². The van der Waals surface area contributed by atoms with Gasteiger partial charge in [0.25, 0.3) is 0 Å². The van der Waals surface area contributed by atoms with Crippen LogP contribution in [-0.2, 0) is 0 Å². The Morgan fingerprint density at radius 3 is 2.38 bits per heavy atom. The van der Waals surface area contributed by atoms with Gasteiger partial charge < -0.3 is 24.8 Å².